The van der Waals surface area contributed by atoms with Crippen LogP contribution in [0.25, 0.3) is 11.4 Å². The van der Waals surface area contributed by atoms with E-state index in [1.54, 1.807) is 0 Å². The van der Waals surface area contributed by atoms with Crippen LogP contribution in [0.1, 0.15) is 29.6 Å². The molecular formula is C18H19F3N4O2. The van der Waals surface area contributed by atoms with Gasteiger partial charge in [0.15, 0.2) is 0 Å². The highest BCUT2D eigenvalue weighted by molar-refractivity contribution is 5.94. The highest BCUT2D eigenvalue weighted by Gasteiger charge is 2.45. The van der Waals surface area contributed by atoms with E-state index in [1.807, 2.05) is 6.92 Å². The average molecular weight is 380 g/mol. The predicted molar refractivity (Wildman–Crippen MR) is 89.7 cm³/mol. The number of benzene rings is 1. The molecule has 1 aromatic heterocycles. The van der Waals surface area contributed by atoms with Crippen LogP contribution in [-0.4, -0.2) is 46.6 Å². The Labute approximate surface area is 153 Å². The molecule has 0 bridgehead atoms. The van der Waals surface area contributed by atoms with Gasteiger partial charge in [0.05, 0.1) is 0 Å². The second kappa shape index (κ2) is 6.63. The fourth-order valence-electron chi connectivity index (χ4n) is 3.61. The van der Waals surface area contributed by atoms with E-state index >= 15 is 0 Å². The van der Waals surface area contributed by atoms with Gasteiger partial charge in [0.1, 0.15) is 0 Å². The van der Waals surface area contributed by atoms with Crippen molar-refractivity contribution in [2.75, 3.05) is 19.6 Å². The third kappa shape index (κ3) is 3.97. The molecule has 3 atom stereocenters. The molecule has 6 nitrogen and oxygen atoms in total. The Balaban J connectivity index is 1.35. The molecule has 144 valence electrons. The molecule has 1 saturated carbocycles. The number of hydrogen-bond acceptors (Lipinski definition) is 5. The van der Waals surface area contributed by atoms with Crippen molar-refractivity contribution in [3.8, 4) is 11.4 Å². The average Bonchev–Trinajstić information content (AvgIpc) is 3.01. The number of aromatic nitrogens is 2. The van der Waals surface area contributed by atoms with Crippen LogP contribution in [0.4, 0.5) is 13.2 Å². The van der Waals surface area contributed by atoms with Gasteiger partial charge in [0.2, 0.25) is 5.82 Å². The lowest BCUT2D eigenvalue weighted by molar-refractivity contribution is -0.159. The first-order valence-electron chi connectivity index (χ1n) is 8.84. The molecule has 4 rings (SSSR count). The van der Waals surface area contributed by atoms with Gasteiger partial charge in [-0.15, -0.1) is 0 Å². The van der Waals surface area contributed by atoms with E-state index in [0.717, 1.165) is 31.5 Å². The summed E-state index contributed by atoms with van der Waals surface area (Å²) in [4.78, 5) is 18.1. The number of likely N-dealkylation sites (tertiary alicyclic amines) is 1. The van der Waals surface area contributed by atoms with Gasteiger partial charge in [-0.25, -0.2) is 0 Å². The standard InChI is InChI=1S/C18H19F3N4O2/c1-10(7-25-8-13-6-14(13)9-25)22-16(26)12-4-2-11(3-5-12)15-23-17(27-24-15)18(19,20)21/h2-5,10,13-14H,6-9H2,1H3,(H,22,26)/t10-,13?,14?/m1/s1. The molecule has 2 heterocycles. The monoisotopic (exact) mass is 380 g/mol. The summed E-state index contributed by atoms with van der Waals surface area (Å²) in [7, 11) is 0. The van der Waals surface area contributed by atoms with E-state index in [-0.39, 0.29) is 17.8 Å². The Morgan fingerprint density at radius 2 is 1.96 bits per heavy atom. The molecule has 1 amide bonds. The molecule has 2 unspecified atom stereocenters. The Morgan fingerprint density at radius 3 is 2.56 bits per heavy atom. The molecule has 1 aliphatic carbocycles. The van der Waals surface area contributed by atoms with Crippen LogP contribution >= 0.6 is 0 Å². The molecule has 1 N–H and O–H groups in total. The van der Waals surface area contributed by atoms with Gasteiger partial charge in [0.25, 0.3) is 5.91 Å². The van der Waals surface area contributed by atoms with Crippen molar-refractivity contribution < 1.29 is 22.5 Å². The fourth-order valence-corrected chi connectivity index (χ4v) is 3.61. The zero-order valence-electron chi connectivity index (χ0n) is 14.7. The van der Waals surface area contributed by atoms with Crippen LogP contribution in [-0.2, 0) is 6.18 Å². The van der Waals surface area contributed by atoms with Crippen molar-refractivity contribution in [3.63, 3.8) is 0 Å². The van der Waals surface area contributed by atoms with Gasteiger partial charge in [-0.2, -0.15) is 18.2 Å². The predicted octanol–water partition coefficient (Wildman–Crippen LogP) is 2.83. The van der Waals surface area contributed by atoms with E-state index in [4.69, 9.17) is 0 Å². The Kier molecular flexibility index (Phi) is 4.41. The number of piperidine rings is 1. The molecule has 1 aromatic carbocycles. The van der Waals surface area contributed by atoms with Gasteiger partial charge in [-0.1, -0.05) is 17.3 Å². The van der Waals surface area contributed by atoms with E-state index in [0.29, 0.717) is 11.1 Å². The normalized spacial score (nSPS) is 23.1. The summed E-state index contributed by atoms with van der Waals surface area (Å²) < 4.78 is 41.8. The second-order valence-corrected chi connectivity index (χ2v) is 7.35. The molecule has 2 aromatic rings. The zero-order valence-corrected chi connectivity index (χ0v) is 14.7. The first kappa shape index (κ1) is 18.0. The summed E-state index contributed by atoms with van der Waals surface area (Å²) in [6, 6.07) is 6.08. The van der Waals surface area contributed by atoms with Crippen molar-refractivity contribution in [1.82, 2.24) is 20.4 Å². The van der Waals surface area contributed by atoms with Crippen LogP contribution in [0.15, 0.2) is 28.8 Å². The third-order valence-corrected chi connectivity index (χ3v) is 5.04. The Bertz CT molecular complexity index is 824. The van der Waals surface area contributed by atoms with Gasteiger partial charge in [0, 0.05) is 36.8 Å². The van der Waals surface area contributed by atoms with Crippen molar-refractivity contribution >= 4 is 5.91 Å². The zero-order chi connectivity index (χ0) is 19.2. The summed E-state index contributed by atoms with van der Waals surface area (Å²) >= 11 is 0. The minimum Gasteiger partial charge on any atom is -0.348 e. The van der Waals surface area contributed by atoms with E-state index < -0.39 is 12.1 Å². The van der Waals surface area contributed by atoms with Gasteiger partial charge in [-0.05, 0) is 37.3 Å². The van der Waals surface area contributed by atoms with Crippen LogP contribution in [0.2, 0.25) is 0 Å². The number of nitrogens with one attached hydrogen (secondary N) is 1. The minimum atomic E-state index is -4.68. The van der Waals surface area contributed by atoms with E-state index in [9.17, 15) is 18.0 Å². The number of rotatable bonds is 5. The largest absolute Gasteiger partial charge is 0.471 e. The molecule has 0 radical (unpaired) electrons. The number of hydrogen-bond donors (Lipinski definition) is 1. The second-order valence-electron chi connectivity index (χ2n) is 7.35. The van der Waals surface area contributed by atoms with E-state index in [2.05, 4.69) is 24.9 Å². The molecule has 2 fully saturated rings. The maximum Gasteiger partial charge on any atom is 0.471 e. The SMILES string of the molecule is C[C@H](CN1CC2CC2C1)NC(=O)c1ccc(-c2noc(C(F)(F)F)n2)cc1. The fraction of sp³-hybridized carbons (Fsp3) is 0.500. The number of amides is 1. The molecule has 9 heteroatoms. The van der Waals surface area contributed by atoms with Crippen LogP contribution in [0, 0.1) is 11.8 Å². The molecule has 27 heavy (non-hydrogen) atoms. The van der Waals surface area contributed by atoms with Crippen LogP contribution < -0.4 is 5.32 Å². The maximum absolute atomic E-state index is 12.5. The first-order valence-corrected chi connectivity index (χ1v) is 8.84. The highest BCUT2D eigenvalue weighted by atomic mass is 19.4. The smallest absolute Gasteiger partial charge is 0.348 e. The Morgan fingerprint density at radius 1 is 1.30 bits per heavy atom. The summed E-state index contributed by atoms with van der Waals surface area (Å²) in [6.07, 6.45) is -3.34. The Hall–Kier alpha value is -2.42. The summed E-state index contributed by atoms with van der Waals surface area (Å²) in [5.41, 5.74) is 0.768. The highest BCUT2D eigenvalue weighted by Crippen LogP contribution is 2.44. The number of alkyl halides is 3. The number of fused-ring (bicyclic) bond motifs is 1. The quantitative estimate of drug-likeness (QED) is 0.864. The number of carbonyl (C=O) groups is 1. The molecule has 1 saturated heterocycles. The first-order chi connectivity index (χ1) is 12.8. The van der Waals surface area contributed by atoms with Gasteiger partial charge >= 0.3 is 12.1 Å². The minimum absolute atomic E-state index is 0.0150. The lowest BCUT2D eigenvalue weighted by Gasteiger charge is -2.22. The van der Waals surface area contributed by atoms with Crippen molar-refractivity contribution in [3.05, 3.63) is 35.7 Å². The molecular weight excluding hydrogens is 361 g/mol. The summed E-state index contributed by atoms with van der Waals surface area (Å²) in [5.74, 6) is -0.0858. The number of carbonyl (C=O) groups excluding carboxylic acids is 1. The topological polar surface area (TPSA) is 71.3 Å². The van der Waals surface area contributed by atoms with Crippen molar-refractivity contribution in [1.29, 1.82) is 0 Å². The summed E-state index contributed by atoms with van der Waals surface area (Å²) in [6.45, 7) is 5.02. The molecule has 0 spiro atoms. The van der Waals surface area contributed by atoms with Crippen LogP contribution in [0.5, 0.6) is 0 Å². The van der Waals surface area contributed by atoms with E-state index in [1.165, 1.54) is 30.7 Å². The van der Waals surface area contributed by atoms with Crippen LogP contribution in [0.3, 0.4) is 0 Å². The number of nitrogens with zero attached hydrogens (tertiary/aromatic N) is 3. The lowest BCUT2D eigenvalue weighted by Crippen LogP contribution is -2.41. The molecule has 1 aliphatic heterocycles. The number of halogens is 3. The third-order valence-electron chi connectivity index (χ3n) is 5.04. The lowest BCUT2D eigenvalue weighted by atomic mass is 10.1. The van der Waals surface area contributed by atoms with Crippen molar-refractivity contribution in [2.45, 2.75) is 25.6 Å². The van der Waals surface area contributed by atoms with Gasteiger partial charge < -0.3 is 14.7 Å². The van der Waals surface area contributed by atoms with Gasteiger partial charge in [-0.3, -0.25) is 4.79 Å². The van der Waals surface area contributed by atoms with Crippen molar-refractivity contribution in [2.24, 2.45) is 11.8 Å². The maximum atomic E-state index is 12.5. The molecule has 2 aliphatic rings. The summed E-state index contributed by atoms with van der Waals surface area (Å²) in [5, 5.41) is 6.29.